The third-order valence-corrected chi connectivity index (χ3v) is 4.46. The van der Waals surface area contributed by atoms with Gasteiger partial charge < -0.3 is 15.8 Å². The molecule has 1 aromatic carbocycles. The summed E-state index contributed by atoms with van der Waals surface area (Å²) in [5.74, 6) is 0.302. The van der Waals surface area contributed by atoms with Gasteiger partial charge in [0, 0.05) is 32.8 Å². The van der Waals surface area contributed by atoms with Crippen molar-refractivity contribution in [3.05, 3.63) is 29.8 Å². The molecule has 0 aliphatic heterocycles. The Hall–Kier alpha value is -1.64. The van der Waals surface area contributed by atoms with Crippen LogP contribution < -0.4 is 15.8 Å². The molecule has 0 saturated heterocycles. The first-order valence-electron chi connectivity index (χ1n) is 7.63. The molecule has 0 fully saturated rings. The number of ether oxygens (including phenoxy) is 1. The van der Waals surface area contributed by atoms with Crippen LogP contribution in [0.3, 0.4) is 0 Å². The molecule has 0 aliphatic carbocycles. The maximum absolute atomic E-state index is 12.0. The zero-order chi connectivity index (χ0) is 17.1. The lowest BCUT2D eigenvalue weighted by atomic mass is 10.2. The number of rotatable bonds is 10. The fourth-order valence-electron chi connectivity index (χ4n) is 1.74. The van der Waals surface area contributed by atoms with Crippen LogP contribution in [0, 0.1) is 6.92 Å². The van der Waals surface area contributed by atoms with Gasteiger partial charge in [-0.1, -0.05) is 17.7 Å². The van der Waals surface area contributed by atoms with Crippen molar-refractivity contribution >= 4 is 16.0 Å². The maximum atomic E-state index is 12.0. The van der Waals surface area contributed by atoms with Crippen molar-refractivity contribution in [1.29, 1.82) is 0 Å². The lowest BCUT2D eigenvalue weighted by Gasteiger charge is -2.08. The van der Waals surface area contributed by atoms with E-state index >= 15 is 0 Å². The number of nitrogens with two attached hydrogens (primary N) is 1. The number of aryl methyl sites for hydroxylation is 1. The Labute approximate surface area is 138 Å². The van der Waals surface area contributed by atoms with E-state index in [2.05, 4.69) is 15.0 Å². The molecule has 1 aromatic rings. The summed E-state index contributed by atoms with van der Waals surface area (Å²) in [5, 5.41) is 2.87. The van der Waals surface area contributed by atoms with Crippen LogP contribution >= 0.6 is 0 Å². The Morgan fingerprint density at radius 1 is 1.26 bits per heavy atom. The number of hydrogen-bond acceptors (Lipinski definition) is 4. The van der Waals surface area contributed by atoms with Gasteiger partial charge in [-0.3, -0.25) is 4.99 Å². The van der Waals surface area contributed by atoms with Gasteiger partial charge in [0.05, 0.1) is 4.90 Å². The highest BCUT2D eigenvalue weighted by Gasteiger charge is 2.12. The van der Waals surface area contributed by atoms with Crippen molar-refractivity contribution in [3.63, 3.8) is 0 Å². The van der Waals surface area contributed by atoms with Crippen molar-refractivity contribution in [3.8, 4) is 0 Å². The molecule has 7 nitrogen and oxygen atoms in total. The number of hydrogen-bond donors (Lipinski definition) is 3. The Kier molecular flexibility index (Phi) is 8.60. The summed E-state index contributed by atoms with van der Waals surface area (Å²) in [7, 11) is -3.49. The second-order valence-corrected chi connectivity index (χ2v) is 6.72. The molecule has 0 unspecified atom stereocenters. The predicted octanol–water partition coefficient (Wildman–Crippen LogP) is 0.604. The molecule has 1 rings (SSSR count). The molecule has 0 spiro atoms. The second-order valence-electron chi connectivity index (χ2n) is 4.96. The monoisotopic (exact) mass is 342 g/mol. The van der Waals surface area contributed by atoms with Gasteiger partial charge in [-0.15, -0.1) is 0 Å². The molecular formula is C15H26N4O3S. The topological polar surface area (TPSA) is 106 Å². The largest absolute Gasteiger partial charge is 0.382 e. The van der Waals surface area contributed by atoms with Crippen LogP contribution in [0.5, 0.6) is 0 Å². The van der Waals surface area contributed by atoms with Gasteiger partial charge in [-0.05, 0) is 32.4 Å². The normalized spacial score (nSPS) is 12.3. The quantitative estimate of drug-likeness (QED) is 0.328. The first kappa shape index (κ1) is 19.4. The van der Waals surface area contributed by atoms with Gasteiger partial charge in [0.15, 0.2) is 5.96 Å². The molecule has 0 aliphatic rings. The molecule has 0 radical (unpaired) electrons. The molecule has 130 valence electrons. The Morgan fingerprint density at radius 3 is 2.61 bits per heavy atom. The third-order valence-electron chi connectivity index (χ3n) is 2.99. The molecule has 23 heavy (non-hydrogen) atoms. The van der Waals surface area contributed by atoms with E-state index in [0.717, 1.165) is 12.0 Å². The van der Waals surface area contributed by atoms with Gasteiger partial charge in [0.2, 0.25) is 10.0 Å². The smallest absolute Gasteiger partial charge is 0.240 e. The molecule has 0 saturated carbocycles. The van der Waals surface area contributed by atoms with E-state index in [1.165, 1.54) is 0 Å². The SMILES string of the molecule is CCOCCCN=C(N)NCCNS(=O)(=O)c1ccc(C)cc1. The van der Waals surface area contributed by atoms with Gasteiger partial charge in [0.1, 0.15) is 0 Å². The van der Waals surface area contributed by atoms with Crippen LogP contribution in [0.4, 0.5) is 0 Å². The molecular weight excluding hydrogens is 316 g/mol. The van der Waals surface area contributed by atoms with E-state index in [1.807, 2.05) is 13.8 Å². The minimum atomic E-state index is -3.49. The zero-order valence-electron chi connectivity index (χ0n) is 13.7. The molecule has 8 heteroatoms. The van der Waals surface area contributed by atoms with Crippen LogP contribution in [-0.2, 0) is 14.8 Å². The van der Waals surface area contributed by atoms with Crippen molar-refractivity contribution in [1.82, 2.24) is 10.0 Å². The van der Waals surface area contributed by atoms with Crippen molar-refractivity contribution in [2.24, 2.45) is 10.7 Å². The van der Waals surface area contributed by atoms with Gasteiger partial charge in [-0.25, -0.2) is 13.1 Å². The highest BCUT2D eigenvalue weighted by Crippen LogP contribution is 2.09. The standard InChI is InChI=1S/C15H26N4O3S/c1-3-22-12-4-9-17-15(16)18-10-11-19-23(20,21)14-7-5-13(2)6-8-14/h5-8,19H,3-4,9-12H2,1-2H3,(H3,16,17,18). The average molecular weight is 342 g/mol. The molecule has 0 aromatic heterocycles. The zero-order valence-corrected chi connectivity index (χ0v) is 14.5. The van der Waals surface area contributed by atoms with Crippen LogP contribution in [0.1, 0.15) is 18.9 Å². The maximum Gasteiger partial charge on any atom is 0.240 e. The number of aliphatic imine (C=N–C) groups is 1. The fraction of sp³-hybridized carbons (Fsp3) is 0.533. The summed E-state index contributed by atoms with van der Waals surface area (Å²) in [4.78, 5) is 4.37. The van der Waals surface area contributed by atoms with E-state index in [4.69, 9.17) is 10.5 Å². The van der Waals surface area contributed by atoms with E-state index in [1.54, 1.807) is 24.3 Å². The molecule has 4 N–H and O–H groups in total. The van der Waals surface area contributed by atoms with Crippen molar-refractivity contribution in [2.45, 2.75) is 25.2 Å². The number of guanidine groups is 1. The van der Waals surface area contributed by atoms with Crippen molar-refractivity contribution < 1.29 is 13.2 Å². The van der Waals surface area contributed by atoms with Crippen LogP contribution in [0.15, 0.2) is 34.2 Å². The Balaban J connectivity index is 2.28. The molecule has 0 amide bonds. The predicted molar refractivity (Wildman–Crippen MR) is 92.0 cm³/mol. The minimum absolute atomic E-state index is 0.228. The molecule has 0 bridgehead atoms. The van der Waals surface area contributed by atoms with Crippen molar-refractivity contribution in [2.75, 3.05) is 32.8 Å². The average Bonchev–Trinajstić information content (AvgIpc) is 2.52. The van der Waals surface area contributed by atoms with Crippen LogP contribution in [0.25, 0.3) is 0 Å². The summed E-state index contributed by atoms with van der Waals surface area (Å²) in [6.45, 7) is 6.37. The summed E-state index contributed by atoms with van der Waals surface area (Å²) in [5.41, 5.74) is 6.70. The highest BCUT2D eigenvalue weighted by molar-refractivity contribution is 7.89. The highest BCUT2D eigenvalue weighted by atomic mass is 32.2. The summed E-state index contributed by atoms with van der Waals surface area (Å²) < 4.78 is 31.8. The fourth-order valence-corrected chi connectivity index (χ4v) is 2.77. The molecule has 0 heterocycles. The summed E-state index contributed by atoms with van der Waals surface area (Å²) in [6.07, 6.45) is 0.802. The van der Waals surface area contributed by atoms with E-state index in [0.29, 0.717) is 32.3 Å². The van der Waals surface area contributed by atoms with Crippen LogP contribution in [0.2, 0.25) is 0 Å². The Bertz CT molecular complexity index is 585. The number of nitrogens with one attached hydrogen (secondary N) is 2. The van der Waals surface area contributed by atoms with E-state index < -0.39 is 10.0 Å². The summed E-state index contributed by atoms with van der Waals surface area (Å²) in [6, 6.07) is 6.69. The van der Waals surface area contributed by atoms with Gasteiger partial charge in [0.25, 0.3) is 0 Å². The first-order valence-corrected chi connectivity index (χ1v) is 9.12. The lowest BCUT2D eigenvalue weighted by Crippen LogP contribution is -2.38. The van der Waals surface area contributed by atoms with E-state index in [9.17, 15) is 8.42 Å². The second kappa shape index (κ2) is 10.2. The third kappa shape index (κ3) is 7.96. The Morgan fingerprint density at radius 2 is 1.96 bits per heavy atom. The van der Waals surface area contributed by atoms with Gasteiger partial charge in [-0.2, -0.15) is 0 Å². The van der Waals surface area contributed by atoms with Crippen LogP contribution in [-0.4, -0.2) is 47.2 Å². The lowest BCUT2D eigenvalue weighted by molar-refractivity contribution is 0.146. The number of benzene rings is 1. The number of nitrogens with zero attached hydrogens (tertiary/aromatic N) is 1. The first-order chi connectivity index (χ1) is 11.0. The van der Waals surface area contributed by atoms with E-state index in [-0.39, 0.29) is 11.4 Å². The summed E-state index contributed by atoms with van der Waals surface area (Å²) >= 11 is 0. The number of sulfonamides is 1. The minimum Gasteiger partial charge on any atom is -0.382 e. The molecule has 0 atom stereocenters. The van der Waals surface area contributed by atoms with Gasteiger partial charge >= 0.3 is 0 Å².